The van der Waals surface area contributed by atoms with E-state index >= 15 is 0 Å². The van der Waals surface area contributed by atoms with Crippen LogP contribution in [0.1, 0.15) is 80.6 Å². The van der Waals surface area contributed by atoms with Crippen molar-refractivity contribution in [2.45, 2.75) is 92.7 Å². The molecule has 0 bridgehead atoms. The molecule has 3 atom stereocenters. The summed E-state index contributed by atoms with van der Waals surface area (Å²) < 4.78 is 0. The quantitative estimate of drug-likeness (QED) is 0.374. The fraction of sp³-hybridized carbons (Fsp3) is 0.773. The van der Waals surface area contributed by atoms with Gasteiger partial charge in [0.25, 0.3) is 0 Å². The molecule has 2 amide bonds. The minimum absolute atomic E-state index is 0.0265. The van der Waals surface area contributed by atoms with Gasteiger partial charge in [-0.3, -0.25) is 14.4 Å². The molecule has 0 spiro atoms. The fourth-order valence-electron chi connectivity index (χ4n) is 2.84. The van der Waals surface area contributed by atoms with Gasteiger partial charge in [0, 0.05) is 12.3 Å². The second kappa shape index (κ2) is 12.7. The maximum Gasteiger partial charge on any atom is 0.243 e. The molecular formula is C22H40N2O3. The van der Waals surface area contributed by atoms with Crippen molar-refractivity contribution in [3.8, 4) is 0 Å². The molecule has 5 heteroatoms. The summed E-state index contributed by atoms with van der Waals surface area (Å²) in [5.41, 5.74) is 0.785. The topological polar surface area (TPSA) is 75.3 Å². The average molecular weight is 381 g/mol. The van der Waals surface area contributed by atoms with E-state index in [0.717, 1.165) is 24.8 Å². The molecule has 5 nitrogen and oxygen atoms in total. The van der Waals surface area contributed by atoms with Crippen LogP contribution in [0.2, 0.25) is 0 Å². The molecular weight excluding hydrogens is 340 g/mol. The Labute approximate surface area is 165 Å². The van der Waals surface area contributed by atoms with Crippen LogP contribution in [0.15, 0.2) is 12.2 Å². The Bertz CT molecular complexity index is 512. The Morgan fingerprint density at radius 2 is 1.56 bits per heavy atom. The van der Waals surface area contributed by atoms with Crippen LogP contribution in [0, 0.1) is 17.8 Å². The van der Waals surface area contributed by atoms with E-state index in [1.807, 2.05) is 41.5 Å². The molecule has 2 N–H and O–H groups in total. The maximum absolute atomic E-state index is 12.8. The summed E-state index contributed by atoms with van der Waals surface area (Å²) in [6.07, 6.45) is 3.85. The van der Waals surface area contributed by atoms with Crippen LogP contribution in [-0.2, 0) is 14.4 Å². The number of hydrogen-bond donors (Lipinski definition) is 2. The molecule has 27 heavy (non-hydrogen) atoms. The largest absolute Gasteiger partial charge is 0.344 e. The number of carbonyl (C=O) groups is 3. The number of Topliss-reactive ketones (excluding diaryl/α,β-unsaturated/α-hetero) is 1. The van der Waals surface area contributed by atoms with Gasteiger partial charge in [-0.1, -0.05) is 66.5 Å². The van der Waals surface area contributed by atoms with Crippen molar-refractivity contribution in [3.63, 3.8) is 0 Å². The van der Waals surface area contributed by atoms with Gasteiger partial charge in [-0.15, -0.1) is 0 Å². The van der Waals surface area contributed by atoms with E-state index in [1.54, 1.807) is 0 Å². The van der Waals surface area contributed by atoms with Crippen LogP contribution in [-0.4, -0.2) is 29.7 Å². The average Bonchev–Trinajstić information content (AvgIpc) is 2.57. The lowest BCUT2D eigenvalue weighted by molar-refractivity contribution is -0.133. The molecule has 0 saturated carbocycles. The molecule has 0 aliphatic heterocycles. The first-order chi connectivity index (χ1) is 12.5. The van der Waals surface area contributed by atoms with E-state index in [4.69, 9.17) is 0 Å². The molecule has 156 valence electrons. The Hall–Kier alpha value is -1.65. The predicted octanol–water partition coefficient (Wildman–Crippen LogP) is 4.02. The first-order valence-corrected chi connectivity index (χ1v) is 10.3. The first-order valence-electron chi connectivity index (χ1n) is 10.3. The lowest BCUT2D eigenvalue weighted by Gasteiger charge is -2.27. The highest BCUT2D eigenvalue weighted by Crippen LogP contribution is 2.16. The van der Waals surface area contributed by atoms with Gasteiger partial charge < -0.3 is 10.6 Å². The van der Waals surface area contributed by atoms with Gasteiger partial charge in [0.05, 0.1) is 6.04 Å². The van der Waals surface area contributed by atoms with E-state index in [-0.39, 0.29) is 35.4 Å². The summed E-state index contributed by atoms with van der Waals surface area (Å²) in [6, 6.07) is -1.20. The smallest absolute Gasteiger partial charge is 0.243 e. The number of allylic oxidation sites excluding steroid dienone is 1. The van der Waals surface area contributed by atoms with Crippen molar-refractivity contribution in [1.82, 2.24) is 10.6 Å². The highest BCUT2D eigenvalue weighted by atomic mass is 16.2. The van der Waals surface area contributed by atoms with Crippen molar-refractivity contribution < 1.29 is 14.4 Å². The Kier molecular flexibility index (Phi) is 11.9. The van der Waals surface area contributed by atoms with Gasteiger partial charge in [0.15, 0.2) is 5.78 Å². The minimum atomic E-state index is -0.637. The third-order valence-corrected chi connectivity index (χ3v) is 4.81. The van der Waals surface area contributed by atoms with Crippen LogP contribution >= 0.6 is 0 Å². The highest BCUT2D eigenvalue weighted by molar-refractivity contribution is 5.94. The van der Waals surface area contributed by atoms with Crippen LogP contribution in [0.3, 0.4) is 0 Å². The summed E-state index contributed by atoms with van der Waals surface area (Å²) in [7, 11) is 0. The molecule has 0 radical (unpaired) electrons. The lowest BCUT2D eigenvalue weighted by atomic mass is 9.89. The standard InChI is InChI=1S/C22H40N2O3/c1-9-10-11-12-19(25)24-20(16(6)7)22(27)23-18(13-14(2)3)21(26)17(8)15(4)5/h14,16-18,20H,4,9-13H2,1-3,5-8H3,(H,23,27)(H,24,25)/t17?,18-,20+/m0/s1. The van der Waals surface area contributed by atoms with E-state index in [2.05, 4.69) is 24.1 Å². The van der Waals surface area contributed by atoms with Crippen molar-refractivity contribution >= 4 is 17.6 Å². The van der Waals surface area contributed by atoms with Gasteiger partial charge in [0.2, 0.25) is 11.8 Å². The molecule has 0 rings (SSSR count). The number of unbranched alkanes of at least 4 members (excludes halogenated alkanes) is 2. The first kappa shape index (κ1) is 25.4. The lowest BCUT2D eigenvalue weighted by Crippen LogP contribution is -2.54. The van der Waals surface area contributed by atoms with Crippen LogP contribution in [0.4, 0.5) is 0 Å². The summed E-state index contributed by atoms with van der Waals surface area (Å²) in [6.45, 7) is 17.4. The SMILES string of the molecule is C=C(C)C(C)C(=O)[C@H](CC(C)C)NC(=O)[C@H](NC(=O)CCCCC)C(C)C. The summed E-state index contributed by atoms with van der Waals surface area (Å²) >= 11 is 0. The van der Waals surface area contributed by atoms with E-state index in [9.17, 15) is 14.4 Å². The highest BCUT2D eigenvalue weighted by Gasteiger charge is 2.31. The summed E-state index contributed by atoms with van der Waals surface area (Å²) in [5, 5.41) is 5.74. The molecule has 1 unspecified atom stereocenters. The van der Waals surface area contributed by atoms with Crippen LogP contribution in [0.25, 0.3) is 0 Å². The van der Waals surface area contributed by atoms with E-state index < -0.39 is 12.1 Å². The van der Waals surface area contributed by atoms with Gasteiger partial charge in [-0.05, 0) is 31.6 Å². The molecule has 0 aromatic rings. The number of amides is 2. The Morgan fingerprint density at radius 3 is 2.00 bits per heavy atom. The summed E-state index contributed by atoms with van der Waals surface area (Å²) in [4.78, 5) is 37.8. The molecule has 0 aliphatic carbocycles. The van der Waals surface area contributed by atoms with Crippen LogP contribution < -0.4 is 10.6 Å². The van der Waals surface area contributed by atoms with Gasteiger partial charge >= 0.3 is 0 Å². The Morgan fingerprint density at radius 1 is 0.963 bits per heavy atom. The van der Waals surface area contributed by atoms with Crippen molar-refractivity contribution in [2.75, 3.05) is 0 Å². The maximum atomic E-state index is 12.8. The van der Waals surface area contributed by atoms with Gasteiger partial charge in [0.1, 0.15) is 6.04 Å². The number of nitrogens with one attached hydrogen (secondary N) is 2. The second-order valence-electron chi connectivity index (χ2n) is 8.41. The zero-order chi connectivity index (χ0) is 21.1. The van der Waals surface area contributed by atoms with Crippen molar-refractivity contribution in [1.29, 1.82) is 0 Å². The molecule has 0 heterocycles. The number of ketones is 1. The third-order valence-electron chi connectivity index (χ3n) is 4.81. The summed E-state index contributed by atoms with van der Waals surface area (Å²) in [5.74, 6) is -0.538. The zero-order valence-corrected chi connectivity index (χ0v) is 18.4. The van der Waals surface area contributed by atoms with Crippen LogP contribution in [0.5, 0.6) is 0 Å². The molecule has 0 aliphatic rings. The van der Waals surface area contributed by atoms with Crippen molar-refractivity contribution in [2.24, 2.45) is 17.8 Å². The molecule has 0 saturated heterocycles. The van der Waals surface area contributed by atoms with Gasteiger partial charge in [-0.2, -0.15) is 0 Å². The zero-order valence-electron chi connectivity index (χ0n) is 18.4. The number of carbonyl (C=O) groups excluding carboxylic acids is 3. The fourth-order valence-corrected chi connectivity index (χ4v) is 2.84. The van der Waals surface area contributed by atoms with E-state index in [1.165, 1.54) is 0 Å². The monoisotopic (exact) mass is 380 g/mol. The third kappa shape index (κ3) is 9.73. The molecule has 0 aromatic heterocycles. The molecule has 0 fully saturated rings. The normalized spacial score (nSPS) is 14.6. The second-order valence-corrected chi connectivity index (χ2v) is 8.41. The van der Waals surface area contributed by atoms with E-state index in [0.29, 0.717) is 12.8 Å². The number of hydrogen-bond acceptors (Lipinski definition) is 3. The number of rotatable bonds is 13. The molecule has 0 aromatic carbocycles. The van der Waals surface area contributed by atoms with Crippen molar-refractivity contribution in [3.05, 3.63) is 12.2 Å². The van der Waals surface area contributed by atoms with Gasteiger partial charge in [-0.25, -0.2) is 0 Å². The Balaban J connectivity index is 5.13. The predicted molar refractivity (Wildman–Crippen MR) is 111 cm³/mol. The minimum Gasteiger partial charge on any atom is -0.344 e.